The molecule has 0 atom stereocenters. The van der Waals surface area contributed by atoms with Crippen LogP contribution in [0.5, 0.6) is 0 Å². The van der Waals surface area contributed by atoms with Gasteiger partial charge in [0.05, 0.1) is 6.54 Å². The molecule has 0 aromatic heterocycles. The van der Waals surface area contributed by atoms with E-state index in [0.717, 1.165) is 12.8 Å². The molecule has 1 aromatic rings. The predicted molar refractivity (Wildman–Crippen MR) is 111 cm³/mol. The fourth-order valence-electron chi connectivity index (χ4n) is 3.27. The number of nitrogens with zero attached hydrogens (tertiary/aromatic N) is 1. The quantitative estimate of drug-likeness (QED) is 0.709. The van der Waals surface area contributed by atoms with Crippen LogP contribution in [-0.4, -0.2) is 54.6 Å². The van der Waals surface area contributed by atoms with Crippen molar-refractivity contribution >= 4 is 17.9 Å². The molecule has 1 saturated heterocycles. The SMILES string of the molecule is CC(C)(C)OC(=O)NCC(=O)NCC1CCN(C(=O)CCc2ccccc2F)CC1. The summed E-state index contributed by atoms with van der Waals surface area (Å²) in [6.07, 6.45) is 1.65. The molecule has 7 nitrogen and oxygen atoms in total. The van der Waals surface area contributed by atoms with E-state index in [2.05, 4.69) is 10.6 Å². The van der Waals surface area contributed by atoms with E-state index < -0.39 is 11.7 Å². The minimum absolute atomic E-state index is 0.0299. The summed E-state index contributed by atoms with van der Waals surface area (Å²) in [4.78, 5) is 37.7. The van der Waals surface area contributed by atoms with E-state index in [1.807, 2.05) is 4.90 Å². The predicted octanol–water partition coefficient (Wildman–Crippen LogP) is 2.64. The van der Waals surface area contributed by atoms with E-state index >= 15 is 0 Å². The minimum atomic E-state index is -0.625. The lowest BCUT2D eigenvalue weighted by Gasteiger charge is -2.32. The van der Waals surface area contributed by atoms with E-state index in [4.69, 9.17) is 4.74 Å². The van der Waals surface area contributed by atoms with Crippen LogP contribution in [0.25, 0.3) is 0 Å². The van der Waals surface area contributed by atoms with E-state index in [1.54, 1.807) is 39.0 Å². The van der Waals surface area contributed by atoms with Crippen molar-refractivity contribution in [1.82, 2.24) is 15.5 Å². The third-order valence-electron chi connectivity index (χ3n) is 4.91. The molecule has 0 saturated carbocycles. The Kier molecular flexibility index (Phi) is 8.62. The van der Waals surface area contributed by atoms with Gasteiger partial charge in [0.1, 0.15) is 11.4 Å². The van der Waals surface area contributed by atoms with Crippen molar-refractivity contribution < 1.29 is 23.5 Å². The van der Waals surface area contributed by atoms with E-state index in [1.165, 1.54) is 6.07 Å². The van der Waals surface area contributed by atoms with Crippen LogP contribution in [0.1, 0.15) is 45.6 Å². The number of hydrogen-bond acceptors (Lipinski definition) is 4. The standard InChI is InChI=1S/C22H32FN3O4/c1-22(2,3)30-21(29)25-15-19(27)24-14-16-10-12-26(13-11-16)20(28)9-8-17-6-4-5-7-18(17)23/h4-7,16H,8-15H2,1-3H3,(H,24,27)(H,25,29). The summed E-state index contributed by atoms with van der Waals surface area (Å²) in [5.74, 6) is -0.237. The molecule has 30 heavy (non-hydrogen) atoms. The molecular formula is C22H32FN3O4. The number of benzene rings is 1. The van der Waals surface area contributed by atoms with Crippen LogP contribution in [0, 0.1) is 11.7 Å². The molecule has 0 unspecified atom stereocenters. The average Bonchev–Trinajstić information content (AvgIpc) is 2.69. The number of amides is 3. The van der Waals surface area contributed by atoms with Gasteiger partial charge >= 0.3 is 6.09 Å². The lowest BCUT2D eigenvalue weighted by Crippen LogP contribution is -2.44. The number of aryl methyl sites for hydroxylation is 1. The summed E-state index contributed by atoms with van der Waals surface area (Å²) in [6.45, 7) is 6.89. The summed E-state index contributed by atoms with van der Waals surface area (Å²) in [6, 6.07) is 6.52. The molecule has 1 aliphatic rings. The van der Waals surface area contributed by atoms with Crippen molar-refractivity contribution in [2.24, 2.45) is 5.92 Å². The minimum Gasteiger partial charge on any atom is -0.444 e. The normalized spacial score (nSPS) is 14.9. The number of rotatable bonds is 7. The smallest absolute Gasteiger partial charge is 0.408 e. The first kappa shape index (κ1) is 23.6. The Morgan fingerprint density at radius 1 is 1.13 bits per heavy atom. The maximum atomic E-state index is 13.7. The maximum Gasteiger partial charge on any atom is 0.408 e. The summed E-state index contributed by atoms with van der Waals surface area (Å²) in [7, 11) is 0. The Morgan fingerprint density at radius 3 is 2.43 bits per heavy atom. The van der Waals surface area contributed by atoms with Crippen LogP contribution in [-0.2, 0) is 20.7 Å². The van der Waals surface area contributed by atoms with Crippen molar-refractivity contribution in [3.05, 3.63) is 35.6 Å². The van der Waals surface area contributed by atoms with Crippen LogP contribution in [0.4, 0.5) is 9.18 Å². The summed E-state index contributed by atoms with van der Waals surface area (Å²) >= 11 is 0. The highest BCUT2D eigenvalue weighted by molar-refractivity contribution is 5.82. The third kappa shape index (κ3) is 8.39. The van der Waals surface area contributed by atoms with Crippen LogP contribution in [0.2, 0.25) is 0 Å². The van der Waals surface area contributed by atoms with Gasteiger partial charge in [-0.3, -0.25) is 9.59 Å². The van der Waals surface area contributed by atoms with Gasteiger partial charge in [0, 0.05) is 26.1 Å². The average molecular weight is 422 g/mol. The molecule has 0 spiro atoms. The van der Waals surface area contributed by atoms with E-state index in [9.17, 15) is 18.8 Å². The van der Waals surface area contributed by atoms with Gasteiger partial charge in [0.15, 0.2) is 0 Å². The number of carbonyl (C=O) groups is 3. The van der Waals surface area contributed by atoms with Gasteiger partial charge in [-0.25, -0.2) is 9.18 Å². The lowest BCUT2D eigenvalue weighted by atomic mass is 9.96. The molecular weight excluding hydrogens is 389 g/mol. The van der Waals surface area contributed by atoms with E-state index in [-0.39, 0.29) is 30.1 Å². The second-order valence-electron chi connectivity index (χ2n) is 8.58. The van der Waals surface area contributed by atoms with Gasteiger partial charge in [-0.15, -0.1) is 0 Å². The zero-order valence-electron chi connectivity index (χ0n) is 18.0. The molecule has 1 aliphatic heterocycles. The molecule has 0 aliphatic carbocycles. The molecule has 0 radical (unpaired) electrons. The highest BCUT2D eigenvalue weighted by atomic mass is 19.1. The maximum absolute atomic E-state index is 13.7. The van der Waals surface area contributed by atoms with Crippen LogP contribution >= 0.6 is 0 Å². The highest BCUT2D eigenvalue weighted by Crippen LogP contribution is 2.18. The fraction of sp³-hybridized carbons (Fsp3) is 0.591. The van der Waals surface area contributed by atoms with Crippen LogP contribution in [0.15, 0.2) is 24.3 Å². The van der Waals surface area contributed by atoms with Crippen molar-refractivity contribution in [3.8, 4) is 0 Å². The highest BCUT2D eigenvalue weighted by Gasteiger charge is 2.23. The first-order valence-electron chi connectivity index (χ1n) is 10.4. The zero-order valence-corrected chi connectivity index (χ0v) is 18.0. The first-order valence-corrected chi connectivity index (χ1v) is 10.4. The Bertz CT molecular complexity index is 740. The van der Waals surface area contributed by atoms with Crippen molar-refractivity contribution in [2.45, 2.75) is 52.1 Å². The third-order valence-corrected chi connectivity index (χ3v) is 4.91. The Hall–Kier alpha value is -2.64. The van der Waals surface area contributed by atoms with Crippen molar-refractivity contribution in [1.29, 1.82) is 0 Å². The van der Waals surface area contributed by atoms with Crippen LogP contribution in [0.3, 0.4) is 0 Å². The first-order chi connectivity index (χ1) is 14.1. The second-order valence-corrected chi connectivity index (χ2v) is 8.58. The fourth-order valence-corrected chi connectivity index (χ4v) is 3.27. The summed E-state index contributed by atoms with van der Waals surface area (Å²) in [5.41, 5.74) is -0.0512. The largest absolute Gasteiger partial charge is 0.444 e. The number of piperidine rings is 1. The van der Waals surface area contributed by atoms with Gasteiger partial charge in [-0.05, 0) is 57.6 Å². The van der Waals surface area contributed by atoms with Crippen molar-refractivity contribution in [3.63, 3.8) is 0 Å². The molecule has 3 amide bonds. The van der Waals surface area contributed by atoms with Gasteiger partial charge in [0.25, 0.3) is 0 Å². The Morgan fingerprint density at radius 2 is 1.80 bits per heavy atom. The lowest BCUT2D eigenvalue weighted by molar-refractivity contribution is -0.132. The topological polar surface area (TPSA) is 87.7 Å². The summed E-state index contributed by atoms with van der Waals surface area (Å²) in [5, 5.41) is 5.24. The number of carbonyl (C=O) groups excluding carboxylic acids is 3. The number of alkyl carbamates (subject to hydrolysis) is 1. The molecule has 166 valence electrons. The number of hydrogen-bond donors (Lipinski definition) is 2. The van der Waals surface area contributed by atoms with Gasteiger partial charge in [-0.2, -0.15) is 0 Å². The zero-order chi connectivity index (χ0) is 22.1. The summed E-state index contributed by atoms with van der Waals surface area (Å²) < 4.78 is 18.7. The molecule has 1 aromatic carbocycles. The number of nitrogens with one attached hydrogen (secondary N) is 2. The molecule has 2 N–H and O–H groups in total. The Labute approximate surface area is 177 Å². The number of halogens is 1. The molecule has 8 heteroatoms. The second kappa shape index (κ2) is 10.9. The van der Waals surface area contributed by atoms with Gasteiger partial charge in [0.2, 0.25) is 11.8 Å². The Balaban J connectivity index is 1.62. The van der Waals surface area contributed by atoms with Crippen LogP contribution < -0.4 is 10.6 Å². The monoisotopic (exact) mass is 421 g/mol. The van der Waals surface area contributed by atoms with Gasteiger partial charge < -0.3 is 20.3 Å². The van der Waals surface area contributed by atoms with Gasteiger partial charge in [-0.1, -0.05) is 18.2 Å². The molecule has 1 fully saturated rings. The molecule has 2 rings (SSSR count). The van der Waals surface area contributed by atoms with Crippen molar-refractivity contribution in [2.75, 3.05) is 26.2 Å². The molecule has 0 bridgehead atoms. The number of likely N-dealkylation sites (tertiary alicyclic amines) is 1. The molecule has 1 heterocycles. The number of ether oxygens (including phenoxy) is 1. The van der Waals surface area contributed by atoms with E-state index in [0.29, 0.717) is 38.0 Å².